The number of hydrogen-bond acceptors (Lipinski definition) is 4. The number of carbonyl (C=O) groups is 1. The highest BCUT2D eigenvalue weighted by Gasteiger charge is 2.07. The third-order valence-corrected chi connectivity index (χ3v) is 3.04. The number of nitrogens with zero attached hydrogens (tertiary/aromatic N) is 2. The van der Waals surface area contributed by atoms with Crippen LogP contribution >= 0.6 is 15.9 Å². The first-order chi connectivity index (χ1) is 8.63. The van der Waals surface area contributed by atoms with Crippen LogP contribution in [0.4, 0.5) is 0 Å². The fourth-order valence-electron chi connectivity index (χ4n) is 1.62. The van der Waals surface area contributed by atoms with Crippen LogP contribution in [0.2, 0.25) is 0 Å². The second-order valence-corrected chi connectivity index (χ2v) is 4.57. The zero-order chi connectivity index (χ0) is 13.1. The minimum Gasteiger partial charge on any atom is -0.496 e. The SMILES string of the molecule is COc1ccc(-c2cc(C)nc(C=O)n2)cc1Br. The summed E-state index contributed by atoms with van der Waals surface area (Å²) in [6.45, 7) is 1.83. The smallest absolute Gasteiger partial charge is 0.193 e. The molecule has 4 nitrogen and oxygen atoms in total. The van der Waals surface area contributed by atoms with Crippen LogP contribution in [0.1, 0.15) is 16.3 Å². The number of rotatable bonds is 3. The summed E-state index contributed by atoms with van der Waals surface area (Å²) in [6.07, 6.45) is 0.648. The maximum absolute atomic E-state index is 10.8. The summed E-state index contributed by atoms with van der Waals surface area (Å²) in [6, 6.07) is 7.47. The molecule has 0 saturated heterocycles. The Morgan fingerprint density at radius 2 is 2.06 bits per heavy atom. The van der Waals surface area contributed by atoms with E-state index in [4.69, 9.17) is 4.74 Å². The standard InChI is InChI=1S/C13H11BrN2O2/c1-8-5-11(16-13(7-17)15-8)9-3-4-12(18-2)10(14)6-9/h3-7H,1-2H3. The van der Waals surface area contributed by atoms with Crippen LogP contribution in [0.3, 0.4) is 0 Å². The van der Waals surface area contributed by atoms with E-state index in [2.05, 4.69) is 25.9 Å². The van der Waals surface area contributed by atoms with Crippen molar-refractivity contribution in [2.24, 2.45) is 0 Å². The summed E-state index contributed by atoms with van der Waals surface area (Å²) in [5, 5.41) is 0. The number of aldehydes is 1. The van der Waals surface area contributed by atoms with E-state index in [1.54, 1.807) is 7.11 Å². The van der Waals surface area contributed by atoms with Gasteiger partial charge in [-0.15, -0.1) is 0 Å². The highest BCUT2D eigenvalue weighted by atomic mass is 79.9. The van der Waals surface area contributed by atoms with E-state index in [0.29, 0.717) is 12.0 Å². The predicted molar refractivity (Wildman–Crippen MR) is 71.8 cm³/mol. The van der Waals surface area contributed by atoms with Gasteiger partial charge in [-0.05, 0) is 47.1 Å². The maximum Gasteiger partial charge on any atom is 0.193 e. The molecule has 0 unspecified atom stereocenters. The summed E-state index contributed by atoms with van der Waals surface area (Å²) < 4.78 is 6.01. The Hall–Kier alpha value is -1.75. The zero-order valence-corrected chi connectivity index (χ0v) is 11.6. The van der Waals surface area contributed by atoms with Gasteiger partial charge in [0.15, 0.2) is 12.1 Å². The average Bonchev–Trinajstić information content (AvgIpc) is 2.37. The summed E-state index contributed by atoms with van der Waals surface area (Å²) in [5.41, 5.74) is 2.37. The summed E-state index contributed by atoms with van der Waals surface area (Å²) in [5.74, 6) is 0.942. The van der Waals surface area contributed by atoms with Gasteiger partial charge in [-0.1, -0.05) is 0 Å². The highest BCUT2D eigenvalue weighted by Crippen LogP contribution is 2.29. The number of ether oxygens (including phenoxy) is 1. The fraction of sp³-hybridized carbons (Fsp3) is 0.154. The molecule has 1 heterocycles. The predicted octanol–water partition coefficient (Wildman–Crippen LogP) is 3.04. The first-order valence-corrected chi connectivity index (χ1v) is 6.08. The molecule has 1 aromatic carbocycles. The van der Waals surface area contributed by atoms with Gasteiger partial charge < -0.3 is 4.74 Å². The third kappa shape index (κ3) is 2.56. The number of hydrogen-bond donors (Lipinski definition) is 0. The topological polar surface area (TPSA) is 52.1 Å². The molecular formula is C13H11BrN2O2. The maximum atomic E-state index is 10.8. The van der Waals surface area contributed by atoms with E-state index in [0.717, 1.165) is 21.5 Å². The molecule has 1 aromatic heterocycles. The molecule has 0 aliphatic carbocycles. The molecule has 0 aliphatic rings. The lowest BCUT2D eigenvalue weighted by molar-refractivity contribution is 0.111. The fourth-order valence-corrected chi connectivity index (χ4v) is 2.16. The third-order valence-electron chi connectivity index (χ3n) is 2.42. The Kier molecular flexibility index (Phi) is 3.72. The van der Waals surface area contributed by atoms with Crippen molar-refractivity contribution in [3.05, 3.63) is 40.3 Å². The van der Waals surface area contributed by atoms with Gasteiger partial charge in [0.2, 0.25) is 0 Å². The quantitative estimate of drug-likeness (QED) is 0.818. The number of halogens is 1. The number of aryl methyl sites for hydroxylation is 1. The van der Waals surface area contributed by atoms with Gasteiger partial charge in [0.05, 0.1) is 17.3 Å². The van der Waals surface area contributed by atoms with Crippen molar-refractivity contribution in [1.29, 1.82) is 0 Å². The lowest BCUT2D eigenvalue weighted by Crippen LogP contribution is -1.97. The lowest BCUT2D eigenvalue weighted by atomic mass is 10.1. The van der Waals surface area contributed by atoms with Crippen LogP contribution < -0.4 is 4.74 Å². The molecule has 18 heavy (non-hydrogen) atoms. The van der Waals surface area contributed by atoms with E-state index >= 15 is 0 Å². The molecule has 2 aromatic rings. The minimum atomic E-state index is 0.192. The van der Waals surface area contributed by atoms with Crippen molar-refractivity contribution in [3.63, 3.8) is 0 Å². The summed E-state index contributed by atoms with van der Waals surface area (Å²) >= 11 is 3.42. The van der Waals surface area contributed by atoms with Crippen molar-refractivity contribution >= 4 is 22.2 Å². The largest absolute Gasteiger partial charge is 0.496 e. The van der Waals surface area contributed by atoms with Crippen molar-refractivity contribution in [2.45, 2.75) is 6.92 Å². The average molecular weight is 307 g/mol. The van der Waals surface area contributed by atoms with Crippen LogP contribution in [0.25, 0.3) is 11.3 Å². The number of benzene rings is 1. The highest BCUT2D eigenvalue weighted by molar-refractivity contribution is 9.10. The molecule has 0 bridgehead atoms. The van der Waals surface area contributed by atoms with Gasteiger partial charge in [-0.3, -0.25) is 4.79 Å². The molecular weight excluding hydrogens is 296 g/mol. The van der Waals surface area contributed by atoms with E-state index in [1.807, 2.05) is 31.2 Å². The molecule has 0 aliphatic heterocycles. The van der Waals surface area contributed by atoms with Crippen molar-refractivity contribution < 1.29 is 9.53 Å². The van der Waals surface area contributed by atoms with Gasteiger partial charge in [-0.2, -0.15) is 0 Å². The number of methoxy groups -OCH3 is 1. The van der Waals surface area contributed by atoms with E-state index < -0.39 is 0 Å². The molecule has 0 radical (unpaired) electrons. The normalized spacial score (nSPS) is 10.2. The Bertz CT molecular complexity index is 600. The molecule has 0 spiro atoms. The first-order valence-electron chi connectivity index (χ1n) is 5.29. The van der Waals surface area contributed by atoms with Crippen molar-refractivity contribution in [1.82, 2.24) is 9.97 Å². The van der Waals surface area contributed by atoms with Crippen LogP contribution in [-0.2, 0) is 0 Å². The number of carbonyl (C=O) groups excluding carboxylic acids is 1. The Balaban J connectivity index is 2.51. The second-order valence-electron chi connectivity index (χ2n) is 3.72. The second kappa shape index (κ2) is 5.27. The van der Waals surface area contributed by atoms with Crippen LogP contribution in [0, 0.1) is 6.92 Å². The van der Waals surface area contributed by atoms with E-state index in [-0.39, 0.29) is 5.82 Å². The molecule has 0 N–H and O–H groups in total. The first kappa shape index (κ1) is 12.7. The molecule has 0 atom stereocenters. The van der Waals surface area contributed by atoms with Crippen molar-refractivity contribution in [2.75, 3.05) is 7.11 Å². The minimum absolute atomic E-state index is 0.192. The Morgan fingerprint density at radius 3 is 2.67 bits per heavy atom. The molecule has 0 fully saturated rings. The summed E-state index contributed by atoms with van der Waals surface area (Å²) in [7, 11) is 1.61. The summed E-state index contributed by atoms with van der Waals surface area (Å²) in [4.78, 5) is 19.0. The molecule has 0 saturated carbocycles. The van der Waals surface area contributed by atoms with Gasteiger partial charge in [0.25, 0.3) is 0 Å². The van der Waals surface area contributed by atoms with Gasteiger partial charge in [0, 0.05) is 11.3 Å². The van der Waals surface area contributed by atoms with Crippen LogP contribution in [-0.4, -0.2) is 23.4 Å². The zero-order valence-electron chi connectivity index (χ0n) is 9.98. The Labute approximate surface area is 113 Å². The van der Waals surface area contributed by atoms with E-state index in [9.17, 15) is 4.79 Å². The van der Waals surface area contributed by atoms with Gasteiger partial charge >= 0.3 is 0 Å². The molecule has 92 valence electrons. The van der Waals surface area contributed by atoms with Crippen LogP contribution in [0.15, 0.2) is 28.7 Å². The van der Waals surface area contributed by atoms with Crippen molar-refractivity contribution in [3.8, 4) is 17.0 Å². The van der Waals surface area contributed by atoms with Gasteiger partial charge in [0.1, 0.15) is 5.75 Å². The molecule has 0 amide bonds. The Morgan fingerprint density at radius 1 is 1.28 bits per heavy atom. The van der Waals surface area contributed by atoms with E-state index in [1.165, 1.54) is 0 Å². The molecule has 5 heteroatoms. The van der Waals surface area contributed by atoms with Crippen LogP contribution in [0.5, 0.6) is 5.75 Å². The monoisotopic (exact) mass is 306 g/mol. The number of aromatic nitrogens is 2. The van der Waals surface area contributed by atoms with Gasteiger partial charge in [-0.25, -0.2) is 9.97 Å². The lowest BCUT2D eigenvalue weighted by Gasteiger charge is -2.07. The molecule has 2 rings (SSSR count).